The summed E-state index contributed by atoms with van der Waals surface area (Å²) < 4.78 is 43.6. The van der Waals surface area contributed by atoms with Gasteiger partial charge >= 0.3 is 6.18 Å². The quantitative estimate of drug-likeness (QED) is 0.536. The standard InChI is InChI=1S/C21H30F3N5O2/c1-3-25-20(26-11-19(30)27(2)15-21(22,23)24)29-13-17-18(14-29)31-10-9-28(17)12-16-7-5-4-6-8-16/h4-8,17-18H,3,9-15H2,1-2H3,(H,25,26). The number of benzene rings is 1. The highest BCUT2D eigenvalue weighted by atomic mass is 19.4. The van der Waals surface area contributed by atoms with Crippen LogP contribution in [-0.2, 0) is 16.1 Å². The van der Waals surface area contributed by atoms with E-state index >= 15 is 0 Å². The van der Waals surface area contributed by atoms with Crippen molar-refractivity contribution in [1.82, 2.24) is 20.0 Å². The van der Waals surface area contributed by atoms with Gasteiger partial charge in [-0.15, -0.1) is 0 Å². The molecule has 172 valence electrons. The van der Waals surface area contributed by atoms with Gasteiger partial charge in [0.25, 0.3) is 0 Å². The smallest absolute Gasteiger partial charge is 0.373 e. The van der Waals surface area contributed by atoms with Gasteiger partial charge < -0.3 is 19.9 Å². The molecule has 0 aliphatic carbocycles. The van der Waals surface area contributed by atoms with E-state index in [1.165, 1.54) is 5.56 Å². The second kappa shape index (κ2) is 10.3. The predicted molar refractivity (Wildman–Crippen MR) is 112 cm³/mol. The lowest BCUT2D eigenvalue weighted by Crippen LogP contribution is -2.50. The predicted octanol–water partition coefficient (Wildman–Crippen LogP) is 1.56. The first-order valence-corrected chi connectivity index (χ1v) is 10.5. The van der Waals surface area contributed by atoms with Gasteiger partial charge in [0.15, 0.2) is 5.96 Å². The summed E-state index contributed by atoms with van der Waals surface area (Å²) in [4.78, 5) is 21.5. The van der Waals surface area contributed by atoms with E-state index in [1.54, 1.807) is 0 Å². The van der Waals surface area contributed by atoms with Crippen LogP contribution in [0.15, 0.2) is 35.3 Å². The van der Waals surface area contributed by atoms with E-state index in [-0.39, 0.29) is 18.7 Å². The van der Waals surface area contributed by atoms with Gasteiger partial charge in [0.05, 0.1) is 18.8 Å². The number of likely N-dealkylation sites (N-methyl/N-ethyl adjacent to an activating group) is 1. The van der Waals surface area contributed by atoms with Crippen LogP contribution in [0.2, 0.25) is 0 Å². The van der Waals surface area contributed by atoms with Crippen LogP contribution in [0.3, 0.4) is 0 Å². The number of rotatable bonds is 6. The Hall–Kier alpha value is -2.33. The molecule has 2 unspecified atom stereocenters. The number of carbonyl (C=O) groups is 1. The molecule has 0 spiro atoms. The number of halogens is 3. The third kappa shape index (κ3) is 6.57. The highest BCUT2D eigenvalue weighted by Gasteiger charge is 2.41. The molecule has 2 fully saturated rings. The van der Waals surface area contributed by atoms with Crippen molar-refractivity contribution in [3.63, 3.8) is 0 Å². The molecule has 2 aliphatic heterocycles. The van der Waals surface area contributed by atoms with E-state index in [9.17, 15) is 18.0 Å². The van der Waals surface area contributed by atoms with E-state index in [0.29, 0.717) is 37.1 Å². The largest absolute Gasteiger partial charge is 0.406 e. The SMILES string of the molecule is CCNC(=NCC(=O)N(C)CC(F)(F)F)N1CC2OCCN(Cc3ccccc3)C2C1. The van der Waals surface area contributed by atoms with Gasteiger partial charge in [-0.25, -0.2) is 4.99 Å². The van der Waals surface area contributed by atoms with Crippen molar-refractivity contribution in [1.29, 1.82) is 0 Å². The van der Waals surface area contributed by atoms with Crippen LogP contribution in [0.1, 0.15) is 12.5 Å². The maximum Gasteiger partial charge on any atom is 0.406 e. The third-order valence-electron chi connectivity index (χ3n) is 5.49. The number of amides is 1. The number of ether oxygens (including phenoxy) is 1. The Morgan fingerprint density at radius 3 is 2.71 bits per heavy atom. The highest BCUT2D eigenvalue weighted by molar-refractivity contribution is 5.85. The molecule has 31 heavy (non-hydrogen) atoms. The third-order valence-corrected chi connectivity index (χ3v) is 5.49. The van der Waals surface area contributed by atoms with Crippen molar-refractivity contribution in [3.8, 4) is 0 Å². The highest BCUT2D eigenvalue weighted by Crippen LogP contribution is 2.24. The first-order chi connectivity index (χ1) is 14.8. The molecule has 2 heterocycles. The van der Waals surface area contributed by atoms with Crippen molar-refractivity contribution in [2.75, 3.05) is 52.9 Å². The summed E-state index contributed by atoms with van der Waals surface area (Å²) in [6.07, 6.45) is -4.41. The Morgan fingerprint density at radius 2 is 2.03 bits per heavy atom. The fourth-order valence-electron chi connectivity index (χ4n) is 3.99. The number of fused-ring (bicyclic) bond motifs is 1. The summed E-state index contributed by atoms with van der Waals surface area (Å²) >= 11 is 0. The Balaban J connectivity index is 1.64. The second-order valence-corrected chi connectivity index (χ2v) is 7.87. The molecule has 3 rings (SSSR count). The van der Waals surface area contributed by atoms with E-state index in [0.717, 1.165) is 20.1 Å². The van der Waals surface area contributed by atoms with E-state index in [2.05, 4.69) is 27.3 Å². The fraction of sp³-hybridized carbons (Fsp3) is 0.619. The lowest BCUT2D eigenvalue weighted by molar-refractivity contribution is -0.157. The van der Waals surface area contributed by atoms with Crippen LogP contribution in [0.4, 0.5) is 13.2 Å². The van der Waals surface area contributed by atoms with Crippen LogP contribution in [-0.4, -0.2) is 97.8 Å². The lowest BCUT2D eigenvalue weighted by Gasteiger charge is -2.36. The molecule has 0 aromatic heterocycles. The minimum Gasteiger partial charge on any atom is -0.373 e. The van der Waals surface area contributed by atoms with Crippen LogP contribution >= 0.6 is 0 Å². The number of likely N-dealkylation sites (tertiary alicyclic amines) is 1. The van der Waals surface area contributed by atoms with Gasteiger partial charge in [-0.2, -0.15) is 13.2 Å². The zero-order valence-corrected chi connectivity index (χ0v) is 17.9. The number of guanidine groups is 1. The number of hydrogen-bond acceptors (Lipinski definition) is 4. The topological polar surface area (TPSA) is 60.4 Å². The van der Waals surface area contributed by atoms with Crippen LogP contribution in [0.25, 0.3) is 0 Å². The van der Waals surface area contributed by atoms with Gasteiger partial charge in [0, 0.05) is 39.8 Å². The lowest BCUT2D eigenvalue weighted by atomic mass is 10.1. The van der Waals surface area contributed by atoms with Crippen LogP contribution in [0, 0.1) is 0 Å². The number of carbonyl (C=O) groups excluding carboxylic acids is 1. The minimum absolute atomic E-state index is 0.0184. The fourth-order valence-corrected chi connectivity index (χ4v) is 3.99. The van der Waals surface area contributed by atoms with Crippen LogP contribution < -0.4 is 5.32 Å². The Bertz CT molecular complexity index is 759. The minimum atomic E-state index is -4.43. The molecule has 0 bridgehead atoms. The summed E-state index contributed by atoms with van der Waals surface area (Å²) in [5.41, 5.74) is 1.24. The Morgan fingerprint density at radius 1 is 1.29 bits per heavy atom. The summed E-state index contributed by atoms with van der Waals surface area (Å²) in [5, 5.41) is 3.15. The van der Waals surface area contributed by atoms with Gasteiger partial charge in [0.1, 0.15) is 13.1 Å². The number of morpholine rings is 1. The van der Waals surface area contributed by atoms with Gasteiger partial charge in [-0.1, -0.05) is 30.3 Å². The molecule has 1 aromatic carbocycles. The Kier molecular flexibility index (Phi) is 7.77. The maximum absolute atomic E-state index is 12.5. The Labute approximate surface area is 180 Å². The summed E-state index contributed by atoms with van der Waals surface area (Å²) in [5.74, 6) is -0.153. The number of nitrogens with one attached hydrogen (secondary N) is 1. The molecule has 1 aromatic rings. The van der Waals surface area contributed by atoms with Crippen molar-refractivity contribution in [3.05, 3.63) is 35.9 Å². The average molecular weight is 441 g/mol. The molecule has 0 radical (unpaired) electrons. The second-order valence-electron chi connectivity index (χ2n) is 7.87. The molecule has 0 saturated carbocycles. The number of nitrogens with zero attached hydrogens (tertiary/aromatic N) is 4. The zero-order valence-electron chi connectivity index (χ0n) is 17.9. The molecule has 1 N–H and O–H groups in total. The molecule has 10 heteroatoms. The first kappa shape index (κ1) is 23.3. The molecule has 7 nitrogen and oxygen atoms in total. The molecule has 2 atom stereocenters. The number of hydrogen-bond donors (Lipinski definition) is 1. The normalized spacial score (nSPS) is 22.4. The molecule has 2 aliphatic rings. The van der Waals surface area contributed by atoms with Crippen molar-refractivity contribution < 1.29 is 22.7 Å². The van der Waals surface area contributed by atoms with Gasteiger partial charge in [-0.05, 0) is 12.5 Å². The van der Waals surface area contributed by atoms with Crippen molar-refractivity contribution in [2.24, 2.45) is 4.99 Å². The van der Waals surface area contributed by atoms with Gasteiger partial charge in [-0.3, -0.25) is 9.69 Å². The zero-order chi connectivity index (χ0) is 22.4. The van der Waals surface area contributed by atoms with E-state index in [4.69, 9.17) is 4.74 Å². The molecule has 2 saturated heterocycles. The molecular weight excluding hydrogens is 411 g/mol. The van der Waals surface area contributed by atoms with E-state index < -0.39 is 18.6 Å². The first-order valence-electron chi connectivity index (χ1n) is 10.5. The maximum atomic E-state index is 12.5. The number of aliphatic imine (C=N–C) groups is 1. The summed E-state index contributed by atoms with van der Waals surface area (Å²) in [7, 11) is 1.14. The molecule has 1 amide bonds. The number of alkyl halides is 3. The van der Waals surface area contributed by atoms with E-state index in [1.807, 2.05) is 30.0 Å². The monoisotopic (exact) mass is 441 g/mol. The van der Waals surface area contributed by atoms with Gasteiger partial charge in [0.2, 0.25) is 5.91 Å². The summed E-state index contributed by atoms with van der Waals surface area (Å²) in [6, 6.07) is 10.4. The van der Waals surface area contributed by atoms with Crippen molar-refractivity contribution in [2.45, 2.75) is 31.8 Å². The van der Waals surface area contributed by atoms with Crippen LogP contribution in [0.5, 0.6) is 0 Å². The molecular formula is C21H30F3N5O2. The van der Waals surface area contributed by atoms with Crippen molar-refractivity contribution >= 4 is 11.9 Å². The summed E-state index contributed by atoms with van der Waals surface area (Å²) in [6.45, 7) is 4.48. The average Bonchev–Trinajstić information content (AvgIpc) is 3.15.